The topological polar surface area (TPSA) is 32.3 Å². The van der Waals surface area contributed by atoms with Crippen molar-refractivity contribution in [3.05, 3.63) is 35.6 Å². The van der Waals surface area contributed by atoms with E-state index < -0.39 is 0 Å². The number of hydrogen-bond acceptors (Lipinski definition) is 3. The van der Waals surface area contributed by atoms with Crippen LogP contribution < -0.4 is 5.32 Å². The molecule has 0 amide bonds. The number of ketones is 1. The van der Waals surface area contributed by atoms with Gasteiger partial charge in [-0.25, -0.2) is 4.39 Å². The van der Waals surface area contributed by atoms with Crippen molar-refractivity contribution in [2.24, 2.45) is 0 Å². The SMILES string of the molecule is CCN(CC)CCCCNC(C)C(=O)c1ccc(F)cc1. The van der Waals surface area contributed by atoms with Crippen LogP contribution in [0.25, 0.3) is 0 Å². The molecule has 21 heavy (non-hydrogen) atoms. The Labute approximate surface area is 127 Å². The summed E-state index contributed by atoms with van der Waals surface area (Å²) in [5.41, 5.74) is 0.555. The van der Waals surface area contributed by atoms with Crippen LogP contribution in [0.4, 0.5) is 4.39 Å². The van der Waals surface area contributed by atoms with Gasteiger partial charge in [0, 0.05) is 5.56 Å². The monoisotopic (exact) mass is 294 g/mol. The van der Waals surface area contributed by atoms with Crippen LogP contribution in [0.1, 0.15) is 44.0 Å². The molecule has 4 heteroatoms. The van der Waals surface area contributed by atoms with Gasteiger partial charge in [0.05, 0.1) is 6.04 Å². The van der Waals surface area contributed by atoms with Crippen LogP contribution in [-0.4, -0.2) is 42.9 Å². The summed E-state index contributed by atoms with van der Waals surface area (Å²) in [7, 11) is 0. The van der Waals surface area contributed by atoms with Crippen molar-refractivity contribution < 1.29 is 9.18 Å². The molecule has 1 rings (SSSR count). The molecule has 0 aliphatic rings. The lowest BCUT2D eigenvalue weighted by molar-refractivity contribution is 0.0951. The molecule has 0 fully saturated rings. The Kier molecular flexibility index (Phi) is 8.16. The average Bonchev–Trinajstić information content (AvgIpc) is 2.50. The molecule has 0 heterocycles. The van der Waals surface area contributed by atoms with Gasteiger partial charge in [0.15, 0.2) is 5.78 Å². The van der Waals surface area contributed by atoms with Crippen LogP contribution in [0, 0.1) is 5.82 Å². The number of rotatable bonds is 10. The molecule has 1 unspecified atom stereocenters. The van der Waals surface area contributed by atoms with E-state index in [1.165, 1.54) is 24.3 Å². The number of nitrogens with zero attached hydrogens (tertiary/aromatic N) is 1. The van der Waals surface area contributed by atoms with E-state index in [4.69, 9.17) is 0 Å². The van der Waals surface area contributed by atoms with Crippen molar-refractivity contribution in [1.29, 1.82) is 0 Å². The Morgan fingerprint density at radius 2 is 1.81 bits per heavy atom. The highest BCUT2D eigenvalue weighted by molar-refractivity contribution is 5.99. The van der Waals surface area contributed by atoms with E-state index >= 15 is 0 Å². The summed E-state index contributed by atoms with van der Waals surface area (Å²) in [6.07, 6.45) is 2.18. The fourth-order valence-corrected chi connectivity index (χ4v) is 2.28. The summed E-state index contributed by atoms with van der Waals surface area (Å²) >= 11 is 0. The van der Waals surface area contributed by atoms with Crippen LogP contribution in [0.15, 0.2) is 24.3 Å². The van der Waals surface area contributed by atoms with Crippen LogP contribution in [-0.2, 0) is 0 Å². The van der Waals surface area contributed by atoms with Crippen molar-refractivity contribution in [2.45, 2.75) is 39.7 Å². The maximum absolute atomic E-state index is 12.8. The van der Waals surface area contributed by atoms with Gasteiger partial charge < -0.3 is 10.2 Å². The quantitative estimate of drug-likeness (QED) is 0.531. The number of Topliss-reactive ketones (excluding diaryl/α,β-unsaturated/α-hetero) is 1. The van der Waals surface area contributed by atoms with E-state index in [1.54, 1.807) is 0 Å². The molecular formula is C17H27FN2O. The number of nitrogens with one attached hydrogen (secondary N) is 1. The molecule has 118 valence electrons. The van der Waals surface area contributed by atoms with E-state index in [2.05, 4.69) is 24.1 Å². The third-order valence-electron chi connectivity index (χ3n) is 3.77. The van der Waals surface area contributed by atoms with Gasteiger partial charge in [0.1, 0.15) is 5.82 Å². The summed E-state index contributed by atoms with van der Waals surface area (Å²) in [5.74, 6) is -0.303. The normalized spacial score (nSPS) is 12.6. The first-order valence-corrected chi connectivity index (χ1v) is 7.84. The van der Waals surface area contributed by atoms with Crippen LogP contribution in [0.5, 0.6) is 0 Å². The maximum Gasteiger partial charge on any atom is 0.179 e. The van der Waals surface area contributed by atoms with E-state index in [-0.39, 0.29) is 17.6 Å². The minimum Gasteiger partial charge on any atom is -0.307 e. The van der Waals surface area contributed by atoms with Gasteiger partial charge in [0.2, 0.25) is 0 Å². The number of benzene rings is 1. The van der Waals surface area contributed by atoms with Crippen LogP contribution in [0.2, 0.25) is 0 Å². The first kappa shape index (κ1) is 17.8. The zero-order valence-corrected chi connectivity index (χ0v) is 13.4. The van der Waals surface area contributed by atoms with Gasteiger partial charge in [-0.05, 0) is 70.2 Å². The van der Waals surface area contributed by atoms with Gasteiger partial charge in [-0.15, -0.1) is 0 Å². The molecule has 0 spiro atoms. The molecule has 1 N–H and O–H groups in total. The molecule has 0 aromatic heterocycles. The zero-order chi connectivity index (χ0) is 15.7. The summed E-state index contributed by atoms with van der Waals surface area (Å²) in [5, 5.41) is 3.24. The van der Waals surface area contributed by atoms with E-state index in [9.17, 15) is 9.18 Å². The van der Waals surface area contributed by atoms with Crippen molar-refractivity contribution in [3.8, 4) is 0 Å². The predicted molar refractivity (Wildman–Crippen MR) is 85.2 cm³/mol. The van der Waals surface area contributed by atoms with Gasteiger partial charge in [-0.3, -0.25) is 4.79 Å². The highest BCUT2D eigenvalue weighted by atomic mass is 19.1. The second-order valence-corrected chi connectivity index (χ2v) is 5.28. The largest absolute Gasteiger partial charge is 0.307 e. The first-order valence-electron chi connectivity index (χ1n) is 7.84. The molecule has 1 aromatic rings. The Morgan fingerprint density at radius 1 is 1.19 bits per heavy atom. The second-order valence-electron chi connectivity index (χ2n) is 5.28. The van der Waals surface area contributed by atoms with Gasteiger partial charge in [-0.1, -0.05) is 13.8 Å². The average molecular weight is 294 g/mol. The standard InChI is InChI=1S/C17H27FN2O/c1-4-20(5-2)13-7-6-12-19-14(3)17(21)15-8-10-16(18)11-9-15/h8-11,14,19H,4-7,12-13H2,1-3H3. The lowest BCUT2D eigenvalue weighted by Gasteiger charge is -2.18. The highest BCUT2D eigenvalue weighted by Crippen LogP contribution is 2.06. The zero-order valence-electron chi connectivity index (χ0n) is 13.4. The summed E-state index contributed by atoms with van der Waals surface area (Å²) in [4.78, 5) is 14.5. The molecule has 0 saturated carbocycles. The Morgan fingerprint density at radius 3 is 2.38 bits per heavy atom. The van der Waals surface area contributed by atoms with E-state index in [1.807, 2.05) is 6.92 Å². The Bertz CT molecular complexity index is 415. The Balaban J connectivity index is 2.25. The van der Waals surface area contributed by atoms with Crippen molar-refractivity contribution in [1.82, 2.24) is 10.2 Å². The summed E-state index contributed by atoms with van der Waals surface area (Å²) in [6, 6.07) is 5.49. The molecular weight excluding hydrogens is 267 g/mol. The minimum absolute atomic E-state index is 0.0127. The summed E-state index contributed by atoms with van der Waals surface area (Å²) < 4.78 is 12.8. The lowest BCUT2D eigenvalue weighted by atomic mass is 10.1. The first-order chi connectivity index (χ1) is 10.1. The predicted octanol–water partition coefficient (Wildman–Crippen LogP) is 3.11. The maximum atomic E-state index is 12.8. The number of halogens is 1. The van der Waals surface area contributed by atoms with Crippen LogP contribution in [0.3, 0.4) is 0 Å². The summed E-state index contributed by atoms with van der Waals surface area (Å²) in [6.45, 7) is 10.3. The van der Waals surface area contributed by atoms with Gasteiger partial charge in [-0.2, -0.15) is 0 Å². The second kappa shape index (κ2) is 9.64. The minimum atomic E-state index is -0.316. The number of hydrogen-bond donors (Lipinski definition) is 1. The molecule has 0 radical (unpaired) electrons. The highest BCUT2D eigenvalue weighted by Gasteiger charge is 2.14. The third kappa shape index (κ3) is 6.36. The molecule has 1 aromatic carbocycles. The van der Waals surface area contributed by atoms with Gasteiger partial charge in [0.25, 0.3) is 0 Å². The van der Waals surface area contributed by atoms with Crippen molar-refractivity contribution in [2.75, 3.05) is 26.2 Å². The number of unbranched alkanes of at least 4 members (excludes halogenated alkanes) is 1. The van der Waals surface area contributed by atoms with E-state index in [0.717, 1.165) is 39.0 Å². The van der Waals surface area contributed by atoms with Crippen molar-refractivity contribution in [3.63, 3.8) is 0 Å². The van der Waals surface area contributed by atoms with Crippen LogP contribution >= 0.6 is 0 Å². The molecule has 3 nitrogen and oxygen atoms in total. The molecule has 1 atom stereocenters. The molecule has 0 aliphatic carbocycles. The fraction of sp³-hybridized carbons (Fsp3) is 0.588. The van der Waals surface area contributed by atoms with Gasteiger partial charge >= 0.3 is 0 Å². The number of carbonyl (C=O) groups excluding carboxylic acids is 1. The fourth-order valence-electron chi connectivity index (χ4n) is 2.28. The Hall–Kier alpha value is -1.26. The smallest absolute Gasteiger partial charge is 0.179 e. The van der Waals surface area contributed by atoms with Crippen molar-refractivity contribution >= 4 is 5.78 Å². The molecule has 0 bridgehead atoms. The number of carbonyl (C=O) groups is 1. The molecule has 0 saturated heterocycles. The van der Waals surface area contributed by atoms with E-state index in [0.29, 0.717) is 5.56 Å². The molecule has 0 aliphatic heterocycles. The third-order valence-corrected chi connectivity index (χ3v) is 3.77. The lowest BCUT2D eigenvalue weighted by Crippen LogP contribution is -2.35.